The van der Waals surface area contributed by atoms with Crippen LogP contribution in [0, 0.1) is 5.92 Å². The summed E-state index contributed by atoms with van der Waals surface area (Å²) in [5, 5.41) is 11.6. The molecule has 2 atom stereocenters. The van der Waals surface area contributed by atoms with Crippen LogP contribution in [0.15, 0.2) is 24.3 Å². The van der Waals surface area contributed by atoms with E-state index in [9.17, 15) is 19.2 Å². The first-order valence-corrected chi connectivity index (χ1v) is 9.00. The van der Waals surface area contributed by atoms with Gasteiger partial charge in [-0.05, 0) is 17.0 Å². The molecule has 2 N–H and O–H groups in total. The molecule has 8 heteroatoms. The van der Waals surface area contributed by atoms with Gasteiger partial charge in [0.25, 0.3) is 5.91 Å². The predicted molar refractivity (Wildman–Crippen MR) is 95.6 cm³/mol. The Morgan fingerprint density at radius 1 is 1.22 bits per heavy atom. The van der Waals surface area contributed by atoms with E-state index in [1.807, 2.05) is 24.3 Å². The maximum atomic E-state index is 12.6. The number of carboxylic acid groups (broad SMARTS) is 1. The van der Waals surface area contributed by atoms with Crippen LogP contribution in [0.2, 0.25) is 0 Å². The minimum atomic E-state index is -1.11. The minimum Gasteiger partial charge on any atom is -0.480 e. The number of nitrogens with zero attached hydrogens (tertiary/aromatic N) is 2. The molecule has 8 nitrogen and oxygen atoms in total. The normalized spacial score (nSPS) is 19.7. The van der Waals surface area contributed by atoms with Crippen LogP contribution in [0.4, 0.5) is 4.79 Å². The second-order valence-corrected chi connectivity index (χ2v) is 7.27. The molecule has 0 aromatic heterocycles. The lowest BCUT2D eigenvalue weighted by molar-refractivity contribution is -0.143. The fourth-order valence-electron chi connectivity index (χ4n) is 3.55. The van der Waals surface area contributed by atoms with E-state index in [1.165, 1.54) is 4.90 Å². The number of hydrogen-bond acceptors (Lipinski definition) is 4. The first-order valence-electron chi connectivity index (χ1n) is 9.00. The quantitative estimate of drug-likeness (QED) is 0.723. The summed E-state index contributed by atoms with van der Waals surface area (Å²) in [5.74, 6) is -2.18. The van der Waals surface area contributed by atoms with Crippen molar-refractivity contribution in [1.82, 2.24) is 15.1 Å². The zero-order valence-corrected chi connectivity index (χ0v) is 15.3. The van der Waals surface area contributed by atoms with Crippen molar-refractivity contribution in [2.45, 2.75) is 45.3 Å². The maximum absolute atomic E-state index is 12.6. The van der Waals surface area contributed by atoms with Crippen molar-refractivity contribution < 1.29 is 24.3 Å². The molecule has 1 aromatic rings. The molecule has 144 valence electrons. The van der Waals surface area contributed by atoms with Crippen molar-refractivity contribution in [1.29, 1.82) is 0 Å². The lowest BCUT2D eigenvalue weighted by Crippen LogP contribution is -2.45. The average Bonchev–Trinajstić information content (AvgIpc) is 2.86. The largest absolute Gasteiger partial charge is 0.480 e. The van der Waals surface area contributed by atoms with Gasteiger partial charge in [0.05, 0.1) is 0 Å². The van der Waals surface area contributed by atoms with Gasteiger partial charge in [0, 0.05) is 25.9 Å². The van der Waals surface area contributed by atoms with Crippen molar-refractivity contribution in [3.8, 4) is 0 Å². The van der Waals surface area contributed by atoms with Crippen LogP contribution < -0.4 is 5.32 Å². The lowest BCUT2D eigenvalue weighted by Gasteiger charge is -2.28. The van der Waals surface area contributed by atoms with Gasteiger partial charge in [-0.3, -0.25) is 14.5 Å². The molecule has 1 fully saturated rings. The molecular formula is C19H23N3O5. The zero-order chi connectivity index (χ0) is 19.7. The van der Waals surface area contributed by atoms with Crippen LogP contribution in [0.3, 0.4) is 0 Å². The molecule has 2 aliphatic rings. The summed E-state index contributed by atoms with van der Waals surface area (Å²) in [7, 11) is 0. The second-order valence-electron chi connectivity index (χ2n) is 7.27. The van der Waals surface area contributed by atoms with E-state index in [1.54, 1.807) is 13.8 Å². The van der Waals surface area contributed by atoms with Crippen molar-refractivity contribution in [2.75, 3.05) is 6.54 Å². The highest BCUT2D eigenvalue weighted by Crippen LogP contribution is 2.29. The van der Waals surface area contributed by atoms with E-state index in [-0.39, 0.29) is 24.8 Å². The van der Waals surface area contributed by atoms with Gasteiger partial charge in [0.15, 0.2) is 0 Å². The molecule has 0 aliphatic carbocycles. The molecule has 3 rings (SSSR count). The number of urea groups is 1. The smallest absolute Gasteiger partial charge is 0.327 e. The number of fused-ring (bicyclic) bond motifs is 2. The van der Waals surface area contributed by atoms with Crippen LogP contribution in [0.5, 0.6) is 0 Å². The number of carbonyl (C=O) groups excluding carboxylic acids is 3. The topological polar surface area (TPSA) is 107 Å². The van der Waals surface area contributed by atoms with Gasteiger partial charge in [-0.15, -0.1) is 0 Å². The Morgan fingerprint density at radius 3 is 2.52 bits per heavy atom. The first-order chi connectivity index (χ1) is 12.8. The summed E-state index contributed by atoms with van der Waals surface area (Å²) in [6.07, 6.45) is 0.347. The molecule has 2 heterocycles. The fourth-order valence-corrected chi connectivity index (χ4v) is 3.55. The summed E-state index contributed by atoms with van der Waals surface area (Å²) in [5.41, 5.74) is 2.08. The van der Waals surface area contributed by atoms with Gasteiger partial charge in [0.1, 0.15) is 12.1 Å². The van der Waals surface area contributed by atoms with E-state index in [0.29, 0.717) is 13.0 Å². The summed E-state index contributed by atoms with van der Waals surface area (Å²) < 4.78 is 0. The van der Waals surface area contributed by atoms with Gasteiger partial charge in [-0.25, -0.2) is 9.59 Å². The number of carboxylic acids is 1. The highest BCUT2D eigenvalue weighted by atomic mass is 16.4. The summed E-state index contributed by atoms with van der Waals surface area (Å²) in [6.45, 7) is 3.71. The molecule has 0 saturated carbocycles. The fraction of sp³-hybridized carbons (Fsp3) is 0.474. The Kier molecular flexibility index (Phi) is 5.16. The molecular weight excluding hydrogens is 350 g/mol. The highest BCUT2D eigenvalue weighted by Gasteiger charge is 2.46. The van der Waals surface area contributed by atoms with E-state index in [4.69, 9.17) is 5.11 Å². The molecule has 2 aliphatic heterocycles. The van der Waals surface area contributed by atoms with Gasteiger partial charge in [0.2, 0.25) is 5.91 Å². The Morgan fingerprint density at radius 2 is 1.89 bits per heavy atom. The van der Waals surface area contributed by atoms with Crippen LogP contribution in [0.1, 0.15) is 31.4 Å². The number of rotatable bonds is 6. The third-order valence-corrected chi connectivity index (χ3v) is 5.09. The van der Waals surface area contributed by atoms with Crippen LogP contribution >= 0.6 is 0 Å². The van der Waals surface area contributed by atoms with Gasteiger partial charge < -0.3 is 15.3 Å². The van der Waals surface area contributed by atoms with Gasteiger partial charge in [-0.1, -0.05) is 38.1 Å². The van der Waals surface area contributed by atoms with Crippen LogP contribution in [0.25, 0.3) is 0 Å². The summed E-state index contributed by atoms with van der Waals surface area (Å²) in [4.78, 5) is 51.2. The van der Waals surface area contributed by atoms with E-state index >= 15 is 0 Å². The van der Waals surface area contributed by atoms with Gasteiger partial charge >= 0.3 is 12.0 Å². The van der Waals surface area contributed by atoms with Gasteiger partial charge in [-0.2, -0.15) is 0 Å². The van der Waals surface area contributed by atoms with E-state index in [2.05, 4.69) is 5.32 Å². The highest BCUT2D eigenvalue weighted by molar-refractivity contribution is 6.05. The number of amides is 4. The molecule has 1 saturated heterocycles. The number of hydrogen-bond donors (Lipinski definition) is 2. The minimum absolute atomic E-state index is 0.0583. The SMILES string of the molecule is CC(C)[C@H](NC(=O)CCN1C(=O)[C@H]2Cc3ccccc3CN2C1=O)C(=O)O. The summed E-state index contributed by atoms with van der Waals surface area (Å²) in [6, 6.07) is 5.78. The van der Waals surface area contributed by atoms with Crippen molar-refractivity contribution >= 4 is 23.8 Å². The molecule has 0 bridgehead atoms. The maximum Gasteiger partial charge on any atom is 0.327 e. The lowest BCUT2D eigenvalue weighted by atomic mass is 9.95. The molecule has 4 amide bonds. The Labute approximate surface area is 157 Å². The average molecular weight is 373 g/mol. The zero-order valence-electron chi connectivity index (χ0n) is 15.3. The molecule has 1 aromatic carbocycles. The third-order valence-electron chi connectivity index (χ3n) is 5.09. The second kappa shape index (κ2) is 7.38. The van der Waals surface area contributed by atoms with Crippen LogP contribution in [-0.2, 0) is 27.3 Å². The standard InChI is InChI=1S/C19H23N3O5/c1-11(2)16(18(25)26)20-15(23)7-8-21-17(24)14-9-12-5-3-4-6-13(12)10-22(14)19(21)27/h3-6,11,14,16H,7-10H2,1-2H3,(H,20,23)(H,25,26)/t14-,16+/m1/s1. The first kappa shape index (κ1) is 18.9. The van der Waals surface area contributed by atoms with Crippen molar-refractivity contribution in [3.05, 3.63) is 35.4 Å². The third kappa shape index (κ3) is 3.65. The van der Waals surface area contributed by atoms with E-state index in [0.717, 1.165) is 16.0 Å². The molecule has 0 unspecified atom stereocenters. The Balaban J connectivity index is 1.62. The molecule has 0 radical (unpaired) electrons. The number of carbonyl (C=O) groups is 4. The van der Waals surface area contributed by atoms with Crippen molar-refractivity contribution in [2.24, 2.45) is 5.92 Å². The number of benzene rings is 1. The monoisotopic (exact) mass is 373 g/mol. The van der Waals surface area contributed by atoms with E-state index < -0.39 is 30.0 Å². The predicted octanol–water partition coefficient (Wildman–Crippen LogP) is 0.991. The number of imide groups is 1. The van der Waals surface area contributed by atoms with Crippen molar-refractivity contribution in [3.63, 3.8) is 0 Å². The Hall–Kier alpha value is -2.90. The number of nitrogens with one attached hydrogen (secondary N) is 1. The van der Waals surface area contributed by atoms with Crippen LogP contribution in [-0.4, -0.2) is 57.3 Å². The molecule has 0 spiro atoms. The Bertz CT molecular complexity index is 748. The summed E-state index contributed by atoms with van der Waals surface area (Å²) >= 11 is 0. The molecule has 27 heavy (non-hydrogen) atoms. The number of aliphatic carboxylic acids is 1.